The molecule has 5 heteroatoms. The zero-order valence-electron chi connectivity index (χ0n) is 11.6. The maximum Gasteiger partial charge on any atom is 0.220 e. The molecule has 0 fully saturated rings. The lowest BCUT2D eigenvalue weighted by Crippen LogP contribution is -2.48. The number of nitrogens with one attached hydrogen (secondary N) is 1. The standard InChI is InChI=1S/C14H21FN2O2/c1-14(2,9-16)17-13(18)7-5-10-4-6-11(19-3)8-12(10)15/h4,6,8H,5,7,9,16H2,1-3H3,(H,17,18). The van der Waals surface area contributed by atoms with Crippen molar-refractivity contribution in [3.63, 3.8) is 0 Å². The van der Waals surface area contributed by atoms with Crippen LogP contribution >= 0.6 is 0 Å². The summed E-state index contributed by atoms with van der Waals surface area (Å²) in [6, 6.07) is 4.63. The Labute approximate surface area is 113 Å². The highest BCUT2D eigenvalue weighted by atomic mass is 19.1. The smallest absolute Gasteiger partial charge is 0.220 e. The zero-order valence-corrected chi connectivity index (χ0v) is 11.6. The normalized spacial score (nSPS) is 11.2. The highest BCUT2D eigenvalue weighted by molar-refractivity contribution is 5.77. The molecule has 106 valence electrons. The molecule has 0 aromatic heterocycles. The van der Waals surface area contributed by atoms with Crippen molar-refractivity contribution in [1.29, 1.82) is 0 Å². The summed E-state index contributed by atoms with van der Waals surface area (Å²) in [4.78, 5) is 11.7. The molecule has 3 N–H and O–H groups in total. The monoisotopic (exact) mass is 268 g/mol. The Morgan fingerprint density at radius 1 is 1.47 bits per heavy atom. The van der Waals surface area contributed by atoms with Gasteiger partial charge in [-0.15, -0.1) is 0 Å². The van der Waals surface area contributed by atoms with Gasteiger partial charge in [-0.2, -0.15) is 0 Å². The van der Waals surface area contributed by atoms with Gasteiger partial charge in [0.1, 0.15) is 11.6 Å². The molecule has 0 heterocycles. The average molecular weight is 268 g/mol. The van der Waals surface area contributed by atoms with E-state index in [9.17, 15) is 9.18 Å². The van der Waals surface area contributed by atoms with Crippen molar-refractivity contribution in [3.05, 3.63) is 29.6 Å². The van der Waals surface area contributed by atoms with Crippen molar-refractivity contribution < 1.29 is 13.9 Å². The SMILES string of the molecule is COc1ccc(CCC(=O)NC(C)(C)CN)c(F)c1. The van der Waals surface area contributed by atoms with Gasteiger partial charge in [-0.3, -0.25) is 4.79 Å². The average Bonchev–Trinajstić information content (AvgIpc) is 2.36. The second kappa shape index (κ2) is 6.52. The summed E-state index contributed by atoms with van der Waals surface area (Å²) in [5.41, 5.74) is 5.60. The van der Waals surface area contributed by atoms with Crippen LogP contribution in [0, 0.1) is 5.82 Å². The summed E-state index contributed by atoms with van der Waals surface area (Å²) in [5.74, 6) is -0.0223. The molecule has 0 saturated heterocycles. The molecule has 0 bridgehead atoms. The molecule has 4 nitrogen and oxygen atoms in total. The molecule has 1 aromatic rings. The molecule has 19 heavy (non-hydrogen) atoms. The van der Waals surface area contributed by atoms with E-state index in [0.717, 1.165) is 0 Å². The van der Waals surface area contributed by atoms with E-state index in [-0.39, 0.29) is 18.1 Å². The van der Waals surface area contributed by atoms with Crippen LogP contribution in [0.3, 0.4) is 0 Å². The summed E-state index contributed by atoms with van der Waals surface area (Å²) in [6.45, 7) is 4.05. The van der Waals surface area contributed by atoms with Crippen LogP contribution < -0.4 is 15.8 Å². The van der Waals surface area contributed by atoms with Gasteiger partial charge < -0.3 is 15.8 Å². The Bertz CT molecular complexity index is 447. The molecule has 0 spiro atoms. The number of hydrogen-bond acceptors (Lipinski definition) is 3. The van der Waals surface area contributed by atoms with Crippen LogP contribution in [0.25, 0.3) is 0 Å². The Hall–Kier alpha value is -1.62. The second-order valence-corrected chi connectivity index (χ2v) is 5.09. The molecule has 0 radical (unpaired) electrons. The van der Waals surface area contributed by atoms with E-state index < -0.39 is 5.54 Å². The minimum Gasteiger partial charge on any atom is -0.497 e. The third-order valence-corrected chi connectivity index (χ3v) is 2.87. The second-order valence-electron chi connectivity index (χ2n) is 5.09. The number of hydrogen-bond donors (Lipinski definition) is 2. The summed E-state index contributed by atoms with van der Waals surface area (Å²) in [5, 5.41) is 2.81. The third-order valence-electron chi connectivity index (χ3n) is 2.87. The molecule has 0 atom stereocenters. The Morgan fingerprint density at radius 3 is 2.68 bits per heavy atom. The molecule has 1 aromatic carbocycles. The first-order valence-corrected chi connectivity index (χ1v) is 6.21. The van der Waals surface area contributed by atoms with Crippen LogP contribution in [0.4, 0.5) is 4.39 Å². The van der Waals surface area contributed by atoms with Crippen molar-refractivity contribution in [2.24, 2.45) is 5.73 Å². The quantitative estimate of drug-likeness (QED) is 0.824. The minimum atomic E-state index is -0.435. The minimum absolute atomic E-state index is 0.134. The maximum absolute atomic E-state index is 13.7. The molecule has 0 aliphatic heterocycles. The predicted molar refractivity (Wildman–Crippen MR) is 72.5 cm³/mol. The molecule has 0 saturated carbocycles. The van der Waals surface area contributed by atoms with Crippen LogP contribution in [0.2, 0.25) is 0 Å². The molecule has 1 amide bonds. The molecule has 0 unspecified atom stereocenters. The lowest BCUT2D eigenvalue weighted by atomic mass is 10.0. The molecule has 0 aliphatic rings. The number of amides is 1. The van der Waals surface area contributed by atoms with Crippen molar-refractivity contribution >= 4 is 5.91 Å². The van der Waals surface area contributed by atoms with E-state index in [1.54, 1.807) is 12.1 Å². The van der Waals surface area contributed by atoms with Gasteiger partial charge in [-0.1, -0.05) is 6.07 Å². The van der Waals surface area contributed by atoms with E-state index in [1.165, 1.54) is 13.2 Å². The van der Waals surface area contributed by atoms with Gasteiger partial charge in [0.05, 0.1) is 7.11 Å². The number of carbonyl (C=O) groups excluding carboxylic acids is 1. The third kappa shape index (κ3) is 4.87. The summed E-state index contributed by atoms with van der Waals surface area (Å²) >= 11 is 0. The lowest BCUT2D eigenvalue weighted by Gasteiger charge is -2.24. The topological polar surface area (TPSA) is 64.3 Å². The Kier molecular flexibility index (Phi) is 5.30. The van der Waals surface area contributed by atoms with Crippen LogP contribution in [0.15, 0.2) is 18.2 Å². The number of rotatable bonds is 6. The highest BCUT2D eigenvalue weighted by Crippen LogP contribution is 2.17. The van der Waals surface area contributed by atoms with Gasteiger partial charge >= 0.3 is 0 Å². The molecule has 0 aliphatic carbocycles. The fraction of sp³-hybridized carbons (Fsp3) is 0.500. The number of nitrogens with two attached hydrogens (primary N) is 1. The first-order valence-electron chi connectivity index (χ1n) is 6.21. The first kappa shape index (κ1) is 15.4. The summed E-state index contributed by atoms with van der Waals surface area (Å²) in [6.07, 6.45) is 0.578. The van der Waals surface area contributed by atoms with Crippen LogP contribution in [-0.2, 0) is 11.2 Å². The van der Waals surface area contributed by atoms with E-state index in [1.807, 2.05) is 13.8 Å². The number of aryl methyl sites for hydroxylation is 1. The predicted octanol–water partition coefficient (Wildman–Crippen LogP) is 1.62. The Balaban J connectivity index is 2.55. The van der Waals surface area contributed by atoms with E-state index in [2.05, 4.69) is 5.32 Å². The highest BCUT2D eigenvalue weighted by Gasteiger charge is 2.18. The summed E-state index contributed by atoms with van der Waals surface area (Å²) < 4.78 is 18.6. The van der Waals surface area contributed by atoms with Gasteiger partial charge in [-0.25, -0.2) is 4.39 Å². The van der Waals surface area contributed by atoms with Crippen molar-refractivity contribution in [3.8, 4) is 5.75 Å². The number of halogens is 1. The van der Waals surface area contributed by atoms with Crippen molar-refractivity contribution in [2.75, 3.05) is 13.7 Å². The van der Waals surface area contributed by atoms with Crippen molar-refractivity contribution in [2.45, 2.75) is 32.2 Å². The fourth-order valence-electron chi connectivity index (χ4n) is 1.60. The largest absolute Gasteiger partial charge is 0.497 e. The first-order chi connectivity index (χ1) is 8.88. The number of benzene rings is 1. The lowest BCUT2D eigenvalue weighted by molar-refractivity contribution is -0.122. The van der Waals surface area contributed by atoms with Crippen LogP contribution in [-0.4, -0.2) is 25.1 Å². The number of carbonyl (C=O) groups is 1. The van der Waals surface area contributed by atoms with Gasteiger partial charge in [-0.05, 0) is 31.9 Å². The maximum atomic E-state index is 13.7. The molecule has 1 rings (SSSR count). The van der Waals surface area contributed by atoms with Crippen LogP contribution in [0.5, 0.6) is 5.75 Å². The van der Waals surface area contributed by atoms with Crippen molar-refractivity contribution in [1.82, 2.24) is 5.32 Å². The van der Waals surface area contributed by atoms with E-state index >= 15 is 0 Å². The summed E-state index contributed by atoms with van der Waals surface area (Å²) in [7, 11) is 1.48. The van der Waals surface area contributed by atoms with Gasteiger partial charge in [0, 0.05) is 24.6 Å². The zero-order chi connectivity index (χ0) is 14.5. The molecular formula is C14H21FN2O2. The fourth-order valence-corrected chi connectivity index (χ4v) is 1.60. The van der Waals surface area contributed by atoms with E-state index in [0.29, 0.717) is 24.3 Å². The van der Waals surface area contributed by atoms with E-state index in [4.69, 9.17) is 10.5 Å². The number of ether oxygens (including phenoxy) is 1. The van der Waals surface area contributed by atoms with Gasteiger partial charge in [0.2, 0.25) is 5.91 Å². The van der Waals surface area contributed by atoms with Crippen LogP contribution in [0.1, 0.15) is 25.8 Å². The number of methoxy groups -OCH3 is 1. The van der Waals surface area contributed by atoms with Gasteiger partial charge in [0.15, 0.2) is 0 Å². The molecular weight excluding hydrogens is 247 g/mol. The van der Waals surface area contributed by atoms with Gasteiger partial charge in [0.25, 0.3) is 0 Å². The Morgan fingerprint density at radius 2 is 2.16 bits per heavy atom.